The van der Waals surface area contributed by atoms with Crippen molar-refractivity contribution in [1.29, 1.82) is 0 Å². The Kier molecular flexibility index (Phi) is 3.25. The van der Waals surface area contributed by atoms with Crippen molar-refractivity contribution < 1.29 is 0 Å². The van der Waals surface area contributed by atoms with Crippen LogP contribution in [0.25, 0.3) is 10.8 Å². The lowest BCUT2D eigenvalue weighted by Gasteiger charge is -2.25. The van der Waals surface area contributed by atoms with Crippen LogP contribution in [0.15, 0.2) is 60.8 Å². The Labute approximate surface area is 118 Å². The highest BCUT2D eigenvalue weighted by Gasteiger charge is 2.13. The van der Waals surface area contributed by atoms with Gasteiger partial charge >= 0.3 is 0 Å². The summed E-state index contributed by atoms with van der Waals surface area (Å²) < 4.78 is 0. The number of aromatic nitrogens is 1. The molecule has 0 fully saturated rings. The van der Waals surface area contributed by atoms with E-state index in [0.29, 0.717) is 5.82 Å². The van der Waals surface area contributed by atoms with Crippen LogP contribution in [0.2, 0.25) is 0 Å². The van der Waals surface area contributed by atoms with Crippen LogP contribution >= 0.6 is 0 Å². The number of nitrogens with two attached hydrogens (primary N) is 1. The number of rotatable bonds is 3. The minimum atomic E-state index is 0.558. The predicted octanol–water partition coefficient (Wildman–Crippen LogP) is 3.98. The molecule has 0 aliphatic carbocycles. The lowest BCUT2D eigenvalue weighted by atomic mass is 10.1. The number of benzene rings is 2. The standard InChI is InChI=1S/C17H17N3/c1-2-20(16-11-6-12-19-17(16)18)15-10-5-8-13-7-3-4-9-14(13)15/h3-12H,2H2,1H3,(H2,18,19). The first-order valence-corrected chi connectivity index (χ1v) is 6.77. The molecule has 1 aromatic heterocycles. The quantitative estimate of drug-likeness (QED) is 0.777. The van der Waals surface area contributed by atoms with Gasteiger partial charge in [0.25, 0.3) is 0 Å². The second-order valence-corrected chi connectivity index (χ2v) is 4.65. The largest absolute Gasteiger partial charge is 0.382 e. The number of pyridine rings is 1. The molecule has 0 saturated carbocycles. The Morgan fingerprint density at radius 1 is 0.950 bits per heavy atom. The fourth-order valence-electron chi connectivity index (χ4n) is 2.55. The summed E-state index contributed by atoms with van der Waals surface area (Å²) in [6.07, 6.45) is 1.72. The van der Waals surface area contributed by atoms with E-state index in [4.69, 9.17) is 5.73 Å². The Bertz CT molecular complexity index is 732. The fourth-order valence-corrected chi connectivity index (χ4v) is 2.55. The summed E-state index contributed by atoms with van der Waals surface area (Å²) in [5.74, 6) is 0.558. The summed E-state index contributed by atoms with van der Waals surface area (Å²) >= 11 is 0. The molecule has 0 aliphatic rings. The molecule has 0 saturated heterocycles. The van der Waals surface area contributed by atoms with Crippen molar-refractivity contribution in [1.82, 2.24) is 4.98 Å². The van der Waals surface area contributed by atoms with E-state index >= 15 is 0 Å². The summed E-state index contributed by atoms with van der Waals surface area (Å²) in [4.78, 5) is 6.39. The van der Waals surface area contributed by atoms with Gasteiger partial charge in [0.05, 0.1) is 5.69 Å². The Morgan fingerprint density at radius 3 is 2.50 bits per heavy atom. The third-order valence-electron chi connectivity index (χ3n) is 3.48. The zero-order valence-electron chi connectivity index (χ0n) is 11.5. The van der Waals surface area contributed by atoms with Crippen molar-refractivity contribution in [3.8, 4) is 0 Å². The van der Waals surface area contributed by atoms with E-state index in [9.17, 15) is 0 Å². The van der Waals surface area contributed by atoms with Crippen molar-refractivity contribution in [3.63, 3.8) is 0 Å². The van der Waals surface area contributed by atoms with E-state index in [2.05, 4.69) is 59.3 Å². The molecule has 0 aliphatic heterocycles. The van der Waals surface area contributed by atoms with Gasteiger partial charge in [0.15, 0.2) is 0 Å². The highest BCUT2D eigenvalue weighted by atomic mass is 15.2. The minimum absolute atomic E-state index is 0.558. The highest BCUT2D eigenvalue weighted by Crippen LogP contribution is 2.33. The summed E-state index contributed by atoms with van der Waals surface area (Å²) in [5.41, 5.74) is 8.13. The maximum Gasteiger partial charge on any atom is 0.147 e. The molecule has 0 spiro atoms. The SMILES string of the molecule is CCN(c1cccnc1N)c1cccc2ccccc12. The first-order valence-electron chi connectivity index (χ1n) is 6.77. The smallest absolute Gasteiger partial charge is 0.147 e. The normalized spacial score (nSPS) is 10.7. The monoisotopic (exact) mass is 263 g/mol. The number of fused-ring (bicyclic) bond motifs is 1. The van der Waals surface area contributed by atoms with Gasteiger partial charge in [0.1, 0.15) is 5.82 Å². The predicted molar refractivity (Wildman–Crippen MR) is 85.3 cm³/mol. The van der Waals surface area contributed by atoms with Crippen LogP contribution in [-0.4, -0.2) is 11.5 Å². The molecule has 20 heavy (non-hydrogen) atoms. The van der Waals surface area contributed by atoms with Gasteiger partial charge in [0.2, 0.25) is 0 Å². The molecule has 0 unspecified atom stereocenters. The zero-order chi connectivity index (χ0) is 13.9. The maximum atomic E-state index is 6.03. The third kappa shape index (κ3) is 2.07. The first kappa shape index (κ1) is 12.5. The molecule has 2 N–H and O–H groups in total. The van der Waals surface area contributed by atoms with E-state index < -0.39 is 0 Å². The number of nitrogens with zero attached hydrogens (tertiary/aromatic N) is 2. The first-order chi connectivity index (χ1) is 9.81. The van der Waals surface area contributed by atoms with Gasteiger partial charge in [-0.05, 0) is 30.5 Å². The molecule has 2 aromatic carbocycles. The second kappa shape index (κ2) is 5.21. The minimum Gasteiger partial charge on any atom is -0.382 e. The van der Waals surface area contributed by atoms with Gasteiger partial charge in [-0.3, -0.25) is 0 Å². The Morgan fingerprint density at radius 2 is 1.70 bits per heavy atom. The van der Waals surface area contributed by atoms with E-state index in [0.717, 1.165) is 17.9 Å². The fraction of sp³-hybridized carbons (Fsp3) is 0.118. The Hall–Kier alpha value is -2.55. The number of anilines is 3. The van der Waals surface area contributed by atoms with Crippen LogP contribution in [0.4, 0.5) is 17.2 Å². The van der Waals surface area contributed by atoms with Crippen molar-refractivity contribution in [2.45, 2.75) is 6.92 Å². The molecule has 3 heteroatoms. The number of hydrogen-bond donors (Lipinski definition) is 1. The molecule has 0 radical (unpaired) electrons. The van der Waals surface area contributed by atoms with Crippen molar-refractivity contribution in [2.75, 3.05) is 17.2 Å². The molecular weight excluding hydrogens is 246 g/mol. The van der Waals surface area contributed by atoms with E-state index in [1.165, 1.54) is 10.8 Å². The van der Waals surface area contributed by atoms with Crippen molar-refractivity contribution in [2.24, 2.45) is 0 Å². The van der Waals surface area contributed by atoms with Crippen LogP contribution in [-0.2, 0) is 0 Å². The number of nitrogen functional groups attached to an aromatic ring is 1. The third-order valence-corrected chi connectivity index (χ3v) is 3.48. The molecule has 100 valence electrons. The van der Waals surface area contributed by atoms with Gasteiger partial charge in [-0.1, -0.05) is 36.4 Å². The van der Waals surface area contributed by atoms with Gasteiger partial charge < -0.3 is 10.6 Å². The van der Waals surface area contributed by atoms with Crippen LogP contribution in [0.5, 0.6) is 0 Å². The van der Waals surface area contributed by atoms with Gasteiger partial charge in [-0.2, -0.15) is 0 Å². The molecule has 0 bridgehead atoms. The lowest BCUT2D eigenvalue weighted by Crippen LogP contribution is -2.18. The van der Waals surface area contributed by atoms with Gasteiger partial charge in [-0.15, -0.1) is 0 Å². The van der Waals surface area contributed by atoms with Crippen LogP contribution in [0.3, 0.4) is 0 Å². The van der Waals surface area contributed by atoms with Crippen LogP contribution in [0.1, 0.15) is 6.92 Å². The molecule has 1 heterocycles. The average molecular weight is 263 g/mol. The number of hydrogen-bond acceptors (Lipinski definition) is 3. The van der Waals surface area contributed by atoms with Crippen molar-refractivity contribution >= 4 is 28.0 Å². The average Bonchev–Trinajstić information content (AvgIpc) is 2.50. The highest BCUT2D eigenvalue weighted by molar-refractivity contribution is 5.96. The lowest BCUT2D eigenvalue weighted by molar-refractivity contribution is 1.02. The van der Waals surface area contributed by atoms with E-state index in [-0.39, 0.29) is 0 Å². The zero-order valence-corrected chi connectivity index (χ0v) is 11.5. The summed E-state index contributed by atoms with van der Waals surface area (Å²) in [7, 11) is 0. The second-order valence-electron chi connectivity index (χ2n) is 4.65. The molecule has 3 aromatic rings. The maximum absolute atomic E-state index is 6.03. The molecule has 0 amide bonds. The van der Waals surface area contributed by atoms with Gasteiger partial charge in [-0.25, -0.2) is 4.98 Å². The molecular formula is C17H17N3. The van der Waals surface area contributed by atoms with Crippen LogP contribution in [0, 0.1) is 0 Å². The van der Waals surface area contributed by atoms with Gasteiger partial charge in [0, 0.05) is 23.8 Å². The van der Waals surface area contributed by atoms with Crippen molar-refractivity contribution in [3.05, 3.63) is 60.8 Å². The van der Waals surface area contributed by atoms with E-state index in [1.807, 2.05) is 12.1 Å². The molecule has 0 atom stereocenters. The Balaban J connectivity index is 2.20. The molecule has 3 rings (SSSR count). The summed E-state index contributed by atoms with van der Waals surface area (Å²) in [6, 6.07) is 18.6. The van der Waals surface area contributed by atoms with Crippen LogP contribution < -0.4 is 10.6 Å². The topological polar surface area (TPSA) is 42.2 Å². The van der Waals surface area contributed by atoms with E-state index in [1.54, 1.807) is 6.20 Å². The summed E-state index contributed by atoms with van der Waals surface area (Å²) in [6.45, 7) is 2.96. The molecule has 3 nitrogen and oxygen atoms in total. The summed E-state index contributed by atoms with van der Waals surface area (Å²) in [5, 5.41) is 2.45.